The summed E-state index contributed by atoms with van der Waals surface area (Å²) in [5, 5.41) is 2.82. The highest BCUT2D eigenvalue weighted by molar-refractivity contribution is 7.92. The minimum Gasteiger partial charge on any atom is -0.322 e. The maximum absolute atomic E-state index is 12.7. The van der Waals surface area contributed by atoms with Crippen LogP contribution in [0.5, 0.6) is 0 Å². The zero-order chi connectivity index (χ0) is 20.3. The molecule has 0 radical (unpaired) electrons. The summed E-state index contributed by atoms with van der Waals surface area (Å²) in [6.07, 6.45) is 0. The van der Waals surface area contributed by atoms with E-state index in [2.05, 4.69) is 10.0 Å². The number of benzene rings is 3. The number of sulfonamides is 1. The van der Waals surface area contributed by atoms with Gasteiger partial charge in [0, 0.05) is 11.3 Å². The number of rotatable bonds is 5. The maximum atomic E-state index is 12.7. The molecule has 0 saturated heterocycles. The van der Waals surface area contributed by atoms with E-state index in [-0.39, 0.29) is 16.4 Å². The second kappa shape index (κ2) is 7.86. The Kier molecular flexibility index (Phi) is 5.51. The van der Waals surface area contributed by atoms with E-state index in [0.717, 1.165) is 16.7 Å². The average molecular weight is 394 g/mol. The summed E-state index contributed by atoms with van der Waals surface area (Å²) in [5.74, 6) is -0.363. The van der Waals surface area contributed by atoms with Crippen LogP contribution in [0.4, 0.5) is 11.4 Å². The molecule has 0 aromatic heterocycles. The van der Waals surface area contributed by atoms with Crippen molar-refractivity contribution in [2.75, 3.05) is 10.0 Å². The Morgan fingerprint density at radius 3 is 2.18 bits per heavy atom. The van der Waals surface area contributed by atoms with E-state index < -0.39 is 10.0 Å². The summed E-state index contributed by atoms with van der Waals surface area (Å²) in [7, 11) is -3.81. The number of hydrogen-bond donors (Lipinski definition) is 2. The van der Waals surface area contributed by atoms with E-state index in [9.17, 15) is 13.2 Å². The van der Waals surface area contributed by atoms with Gasteiger partial charge in [-0.05, 0) is 73.9 Å². The predicted molar refractivity (Wildman–Crippen MR) is 112 cm³/mol. The van der Waals surface area contributed by atoms with E-state index in [4.69, 9.17) is 0 Å². The predicted octanol–water partition coefficient (Wildman–Crippen LogP) is 4.66. The van der Waals surface area contributed by atoms with Crippen LogP contribution in [-0.4, -0.2) is 14.3 Å². The summed E-state index contributed by atoms with van der Waals surface area (Å²) in [5.41, 5.74) is 4.34. The highest BCUT2D eigenvalue weighted by atomic mass is 32.2. The van der Waals surface area contributed by atoms with Crippen LogP contribution < -0.4 is 10.0 Å². The standard InChI is InChI=1S/C22H22N2O3S/c1-15-11-16(2)13-19(12-15)23-22(25)18-8-6-9-20(14-18)28(26,27)24-21-10-5-4-7-17(21)3/h4-14,24H,1-3H3,(H,23,25). The molecule has 3 aromatic rings. The second-order valence-corrected chi connectivity index (χ2v) is 8.46. The molecule has 2 N–H and O–H groups in total. The molecular formula is C22H22N2O3S. The number of hydrogen-bond acceptors (Lipinski definition) is 3. The highest BCUT2D eigenvalue weighted by Crippen LogP contribution is 2.21. The molecule has 0 aliphatic carbocycles. The monoisotopic (exact) mass is 394 g/mol. The van der Waals surface area contributed by atoms with Crippen LogP contribution >= 0.6 is 0 Å². The van der Waals surface area contributed by atoms with Crippen molar-refractivity contribution in [1.82, 2.24) is 0 Å². The third-order valence-electron chi connectivity index (χ3n) is 4.28. The Balaban J connectivity index is 1.85. The van der Waals surface area contributed by atoms with Gasteiger partial charge in [-0.2, -0.15) is 0 Å². The van der Waals surface area contributed by atoms with Crippen LogP contribution in [0.25, 0.3) is 0 Å². The van der Waals surface area contributed by atoms with Crippen LogP contribution in [0.2, 0.25) is 0 Å². The molecule has 144 valence electrons. The lowest BCUT2D eigenvalue weighted by Crippen LogP contribution is -2.16. The van der Waals surface area contributed by atoms with Gasteiger partial charge < -0.3 is 5.32 Å². The number of para-hydroxylation sites is 1. The minimum atomic E-state index is -3.81. The normalized spacial score (nSPS) is 11.1. The molecule has 0 bridgehead atoms. The Morgan fingerprint density at radius 2 is 1.50 bits per heavy atom. The molecular weight excluding hydrogens is 372 g/mol. The lowest BCUT2D eigenvalue weighted by molar-refractivity contribution is 0.102. The smallest absolute Gasteiger partial charge is 0.261 e. The topological polar surface area (TPSA) is 75.3 Å². The summed E-state index contributed by atoms with van der Waals surface area (Å²) in [6, 6.07) is 18.9. The number of carbonyl (C=O) groups excluding carboxylic acids is 1. The van der Waals surface area contributed by atoms with E-state index in [1.807, 2.05) is 51.1 Å². The first kappa shape index (κ1) is 19.6. The zero-order valence-corrected chi connectivity index (χ0v) is 16.8. The van der Waals surface area contributed by atoms with Crippen molar-refractivity contribution in [2.24, 2.45) is 0 Å². The lowest BCUT2D eigenvalue weighted by atomic mass is 10.1. The molecule has 0 spiro atoms. The Morgan fingerprint density at radius 1 is 0.821 bits per heavy atom. The fourth-order valence-corrected chi connectivity index (χ4v) is 4.12. The number of anilines is 2. The summed E-state index contributed by atoms with van der Waals surface area (Å²) < 4.78 is 28.0. The molecule has 28 heavy (non-hydrogen) atoms. The minimum absolute atomic E-state index is 0.0313. The molecule has 0 saturated carbocycles. The molecule has 3 rings (SSSR count). The maximum Gasteiger partial charge on any atom is 0.261 e. The first-order chi connectivity index (χ1) is 13.2. The van der Waals surface area contributed by atoms with Crippen LogP contribution in [0.3, 0.4) is 0 Å². The van der Waals surface area contributed by atoms with Gasteiger partial charge in [-0.1, -0.05) is 30.3 Å². The van der Waals surface area contributed by atoms with Crippen molar-refractivity contribution in [1.29, 1.82) is 0 Å². The van der Waals surface area contributed by atoms with E-state index in [1.54, 1.807) is 24.3 Å². The van der Waals surface area contributed by atoms with Crippen molar-refractivity contribution < 1.29 is 13.2 Å². The Bertz CT molecular complexity index is 1120. The van der Waals surface area contributed by atoms with Gasteiger partial charge in [-0.3, -0.25) is 9.52 Å². The van der Waals surface area contributed by atoms with Gasteiger partial charge in [0.05, 0.1) is 10.6 Å². The molecule has 0 aliphatic heterocycles. The fraction of sp³-hybridized carbons (Fsp3) is 0.136. The summed E-state index contributed by atoms with van der Waals surface area (Å²) >= 11 is 0. The quantitative estimate of drug-likeness (QED) is 0.661. The van der Waals surface area contributed by atoms with Gasteiger partial charge in [-0.15, -0.1) is 0 Å². The number of amides is 1. The number of nitrogens with one attached hydrogen (secondary N) is 2. The molecule has 6 heteroatoms. The largest absolute Gasteiger partial charge is 0.322 e. The van der Waals surface area contributed by atoms with Gasteiger partial charge in [-0.25, -0.2) is 8.42 Å². The zero-order valence-electron chi connectivity index (χ0n) is 16.0. The highest BCUT2D eigenvalue weighted by Gasteiger charge is 2.17. The molecule has 5 nitrogen and oxygen atoms in total. The third kappa shape index (κ3) is 4.58. The summed E-state index contributed by atoms with van der Waals surface area (Å²) in [4.78, 5) is 12.6. The van der Waals surface area contributed by atoms with Crippen molar-refractivity contribution in [2.45, 2.75) is 25.7 Å². The molecule has 1 amide bonds. The fourth-order valence-electron chi connectivity index (χ4n) is 2.95. The van der Waals surface area contributed by atoms with Crippen molar-refractivity contribution in [3.63, 3.8) is 0 Å². The van der Waals surface area contributed by atoms with Crippen LogP contribution in [0, 0.1) is 20.8 Å². The first-order valence-corrected chi connectivity index (χ1v) is 10.3. The molecule has 0 aliphatic rings. The Hall–Kier alpha value is -3.12. The van der Waals surface area contributed by atoms with Crippen LogP contribution in [0.15, 0.2) is 71.6 Å². The van der Waals surface area contributed by atoms with E-state index in [1.165, 1.54) is 12.1 Å². The van der Waals surface area contributed by atoms with Crippen LogP contribution in [0.1, 0.15) is 27.0 Å². The number of carbonyl (C=O) groups is 1. The van der Waals surface area contributed by atoms with Crippen molar-refractivity contribution >= 4 is 27.3 Å². The summed E-state index contributed by atoms with van der Waals surface area (Å²) in [6.45, 7) is 5.73. The molecule has 3 aromatic carbocycles. The number of aryl methyl sites for hydroxylation is 3. The Labute approximate surface area is 165 Å². The molecule has 0 fully saturated rings. The lowest BCUT2D eigenvalue weighted by Gasteiger charge is -2.12. The molecule has 0 unspecified atom stereocenters. The van der Waals surface area contributed by atoms with E-state index in [0.29, 0.717) is 11.4 Å². The van der Waals surface area contributed by atoms with E-state index >= 15 is 0 Å². The molecule has 0 heterocycles. The first-order valence-electron chi connectivity index (χ1n) is 8.83. The van der Waals surface area contributed by atoms with Crippen LogP contribution in [-0.2, 0) is 10.0 Å². The van der Waals surface area contributed by atoms with Gasteiger partial charge in [0.1, 0.15) is 0 Å². The van der Waals surface area contributed by atoms with Gasteiger partial charge >= 0.3 is 0 Å². The van der Waals surface area contributed by atoms with Gasteiger partial charge in [0.15, 0.2) is 0 Å². The van der Waals surface area contributed by atoms with Crippen molar-refractivity contribution in [3.05, 3.63) is 89.0 Å². The van der Waals surface area contributed by atoms with Gasteiger partial charge in [0.2, 0.25) is 0 Å². The third-order valence-corrected chi connectivity index (χ3v) is 5.64. The second-order valence-electron chi connectivity index (χ2n) is 6.78. The SMILES string of the molecule is Cc1cc(C)cc(NC(=O)c2cccc(S(=O)(=O)Nc3ccccc3C)c2)c1. The van der Waals surface area contributed by atoms with Gasteiger partial charge in [0.25, 0.3) is 15.9 Å². The van der Waals surface area contributed by atoms with Crippen molar-refractivity contribution in [3.8, 4) is 0 Å². The molecule has 0 atom stereocenters. The average Bonchev–Trinajstić information content (AvgIpc) is 2.63.